The van der Waals surface area contributed by atoms with Crippen LogP contribution < -0.4 is 9.88 Å². The fraction of sp³-hybridized carbons (Fsp3) is 0.200. The van der Waals surface area contributed by atoms with E-state index in [1.54, 1.807) is 18.2 Å². The maximum atomic E-state index is 12.0. The molecule has 0 unspecified atom stereocenters. The molecular formula is C15H15Cl2N2O+. The molecule has 0 aliphatic carbocycles. The molecule has 0 spiro atoms. The van der Waals surface area contributed by atoms with Gasteiger partial charge < -0.3 is 5.32 Å². The van der Waals surface area contributed by atoms with E-state index in [0.29, 0.717) is 15.7 Å². The van der Waals surface area contributed by atoms with Gasteiger partial charge in [-0.3, -0.25) is 4.79 Å². The molecule has 0 bridgehead atoms. The van der Waals surface area contributed by atoms with Gasteiger partial charge in [0.25, 0.3) is 5.91 Å². The molecule has 0 aliphatic rings. The van der Waals surface area contributed by atoms with E-state index in [-0.39, 0.29) is 12.5 Å². The van der Waals surface area contributed by atoms with Gasteiger partial charge in [-0.05, 0) is 24.1 Å². The van der Waals surface area contributed by atoms with Crippen LogP contribution in [-0.2, 0) is 17.8 Å². The number of carbonyl (C=O) groups excluding carboxylic acids is 1. The predicted molar refractivity (Wildman–Crippen MR) is 81.1 cm³/mol. The number of anilines is 1. The molecule has 104 valence electrons. The molecule has 5 heteroatoms. The summed E-state index contributed by atoms with van der Waals surface area (Å²) in [4.78, 5) is 12.0. The lowest BCUT2D eigenvalue weighted by atomic mass is 10.2. The molecular weight excluding hydrogens is 295 g/mol. The molecule has 1 aromatic carbocycles. The van der Waals surface area contributed by atoms with Crippen LogP contribution >= 0.6 is 23.2 Å². The first kappa shape index (κ1) is 14.8. The van der Waals surface area contributed by atoms with E-state index in [4.69, 9.17) is 23.2 Å². The van der Waals surface area contributed by atoms with Gasteiger partial charge in [0.05, 0.1) is 15.7 Å². The summed E-state index contributed by atoms with van der Waals surface area (Å²) in [6.07, 6.45) is 4.75. The normalized spacial score (nSPS) is 10.3. The molecule has 0 atom stereocenters. The summed E-state index contributed by atoms with van der Waals surface area (Å²) in [7, 11) is 0. The number of nitrogens with one attached hydrogen (secondary N) is 1. The van der Waals surface area contributed by atoms with Crippen molar-refractivity contribution in [1.29, 1.82) is 0 Å². The van der Waals surface area contributed by atoms with Crippen LogP contribution in [-0.4, -0.2) is 5.91 Å². The Morgan fingerprint density at radius 1 is 1.20 bits per heavy atom. The van der Waals surface area contributed by atoms with Gasteiger partial charge in [0.1, 0.15) is 0 Å². The van der Waals surface area contributed by atoms with E-state index < -0.39 is 0 Å². The Morgan fingerprint density at radius 3 is 2.55 bits per heavy atom. The van der Waals surface area contributed by atoms with Crippen LogP contribution in [0.5, 0.6) is 0 Å². The van der Waals surface area contributed by atoms with E-state index in [2.05, 4.69) is 12.2 Å². The second-order valence-electron chi connectivity index (χ2n) is 4.38. The number of halogens is 2. The Morgan fingerprint density at radius 2 is 1.90 bits per heavy atom. The molecule has 1 heterocycles. The maximum absolute atomic E-state index is 12.0. The van der Waals surface area contributed by atoms with Crippen LogP contribution in [0.25, 0.3) is 0 Å². The highest BCUT2D eigenvalue weighted by molar-refractivity contribution is 6.43. The van der Waals surface area contributed by atoms with Crippen LogP contribution in [0.3, 0.4) is 0 Å². The number of amides is 1. The lowest BCUT2D eigenvalue weighted by molar-refractivity contribution is -0.684. The van der Waals surface area contributed by atoms with Crippen molar-refractivity contribution in [1.82, 2.24) is 0 Å². The standard InChI is InChI=1S/C15H14Cl2N2O/c1-2-11-6-8-19(9-7-11)10-14(20)18-13-5-3-4-12(16)15(13)17/h3-9H,2,10H2,1H3/p+1. The third-order valence-electron chi connectivity index (χ3n) is 2.92. The monoisotopic (exact) mass is 309 g/mol. The second-order valence-corrected chi connectivity index (χ2v) is 5.17. The third kappa shape index (κ3) is 3.71. The van der Waals surface area contributed by atoms with Crippen LogP contribution in [0.2, 0.25) is 10.0 Å². The molecule has 0 radical (unpaired) electrons. The summed E-state index contributed by atoms with van der Waals surface area (Å²) < 4.78 is 1.81. The first-order valence-electron chi connectivity index (χ1n) is 6.32. The zero-order valence-corrected chi connectivity index (χ0v) is 12.6. The number of hydrogen-bond donors (Lipinski definition) is 1. The fourth-order valence-electron chi connectivity index (χ4n) is 1.79. The Labute approximate surface area is 128 Å². The topological polar surface area (TPSA) is 33.0 Å². The van der Waals surface area contributed by atoms with Gasteiger partial charge in [-0.2, -0.15) is 4.57 Å². The number of aromatic nitrogens is 1. The molecule has 2 aromatic rings. The second kappa shape index (κ2) is 6.73. The van der Waals surface area contributed by atoms with Crippen molar-refractivity contribution in [3.05, 3.63) is 58.3 Å². The van der Waals surface area contributed by atoms with Gasteiger partial charge in [0.15, 0.2) is 12.4 Å². The van der Waals surface area contributed by atoms with Crippen molar-refractivity contribution < 1.29 is 9.36 Å². The quantitative estimate of drug-likeness (QED) is 0.862. The van der Waals surface area contributed by atoms with Gasteiger partial charge in [0, 0.05) is 12.1 Å². The van der Waals surface area contributed by atoms with Gasteiger partial charge in [-0.25, -0.2) is 0 Å². The molecule has 0 fully saturated rings. The summed E-state index contributed by atoms with van der Waals surface area (Å²) in [5.74, 6) is -0.150. The van der Waals surface area contributed by atoms with Gasteiger partial charge in [0.2, 0.25) is 6.54 Å². The van der Waals surface area contributed by atoms with Crippen molar-refractivity contribution in [3.8, 4) is 0 Å². The summed E-state index contributed by atoms with van der Waals surface area (Å²) in [6, 6.07) is 9.14. The van der Waals surface area contributed by atoms with Crippen LogP contribution in [0, 0.1) is 0 Å². The predicted octanol–water partition coefficient (Wildman–Crippen LogP) is 3.48. The summed E-state index contributed by atoms with van der Waals surface area (Å²) in [6.45, 7) is 2.32. The molecule has 0 saturated carbocycles. The smallest absolute Gasteiger partial charge is 0.290 e. The first-order chi connectivity index (χ1) is 9.60. The number of pyridine rings is 1. The molecule has 20 heavy (non-hydrogen) atoms. The Bertz CT molecular complexity index is 612. The van der Waals surface area contributed by atoms with E-state index in [9.17, 15) is 4.79 Å². The Kier molecular flexibility index (Phi) is 4.99. The van der Waals surface area contributed by atoms with Crippen molar-refractivity contribution in [2.45, 2.75) is 19.9 Å². The van der Waals surface area contributed by atoms with E-state index in [1.165, 1.54) is 5.56 Å². The number of nitrogens with zero attached hydrogens (tertiary/aromatic N) is 1. The Hall–Kier alpha value is -1.58. The number of hydrogen-bond acceptors (Lipinski definition) is 1. The van der Waals surface area contributed by atoms with Gasteiger partial charge >= 0.3 is 0 Å². The lowest BCUT2D eigenvalue weighted by Crippen LogP contribution is -2.39. The van der Waals surface area contributed by atoms with Crippen LogP contribution in [0.15, 0.2) is 42.7 Å². The largest absolute Gasteiger partial charge is 0.319 e. The summed E-state index contributed by atoms with van der Waals surface area (Å²) >= 11 is 11.9. The van der Waals surface area contributed by atoms with E-state index in [0.717, 1.165) is 6.42 Å². The van der Waals surface area contributed by atoms with Gasteiger partial charge in [-0.1, -0.05) is 36.2 Å². The van der Waals surface area contributed by atoms with Crippen molar-refractivity contribution in [3.63, 3.8) is 0 Å². The molecule has 3 nitrogen and oxygen atoms in total. The van der Waals surface area contributed by atoms with Crippen molar-refractivity contribution in [2.24, 2.45) is 0 Å². The molecule has 1 amide bonds. The Balaban J connectivity index is 2.03. The summed E-state index contributed by atoms with van der Waals surface area (Å²) in [5.41, 5.74) is 1.76. The third-order valence-corrected chi connectivity index (χ3v) is 3.74. The minimum absolute atomic E-state index is 0.150. The zero-order valence-electron chi connectivity index (χ0n) is 11.1. The van der Waals surface area contributed by atoms with Crippen molar-refractivity contribution >= 4 is 34.8 Å². The molecule has 0 saturated heterocycles. The van der Waals surface area contributed by atoms with Crippen LogP contribution in [0.1, 0.15) is 12.5 Å². The molecule has 1 aromatic heterocycles. The number of carbonyl (C=O) groups is 1. The van der Waals surface area contributed by atoms with Gasteiger partial charge in [-0.15, -0.1) is 0 Å². The number of rotatable bonds is 4. The van der Waals surface area contributed by atoms with Crippen molar-refractivity contribution in [2.75, 3.05) is 5.32 Å². The average Bonchev–Trinajstić information content (AvgIpc) is 2.45. The van der Waals surface area contributed by atoms with Crippen LogP contribution in [0.4, 0.5) is 5.69 Å². The van der Waals surface area contributed by atoms with E-state index in [1.807, 2.05) is 29.1 Å². The first-order valence-corrected chi connectivity index (χ1v) is 7.07. The highest BCUT2D eigenvalue weighted by Crippen LogP contribution is 2.29. The van der Waals surface area contributed by atoms with E-state index >= 15 is 0 Å². The molecule has 2 rings (SSSR count). The maximum Gasteiger partial charge on any atom is 0.290 e. The number of aryl methyl sites for hydroxylation is 1. The SMILES string of the molecule is CCc1cc[n+](CC(=O)Nc2cccc(Cl)c2Cl)cc1. The highest BCUT2D eigenvalue weighted by Gasteiger charge is 2.12. The average molecular weight is 310 g/mol. The summed E-state index contributed by atoms with van der Waals surface area (Å²) in [5, 5.41) is 3.53. The molecule has 1 N–H and O–H groups in total. The fourth-order valence-corrected chi connectivity index (χ4v) is 2.13. The molecule has 0 aliphatic heterocycles. The highest BCUT2D eigenvalue weighted by atomic mass is 35.5. The minimum atomic E-state index is -0.150. The minimum Gasteiger partial charge on any atom is -0.319 e. The zero-order chi connectivity index (χ0) is 14.5. The lowest BCUT2D eigenvalue weighted by Gasteiger charge is -2.06. The number of benzene rings is 1.